The van der Waals surface area contributed by atoms with Crippen LogP contribution in [0.25, 0.3) is 17.5 Å². The fourth-order valence-electron chi connectivity index (χ4n) is 4.44. The maximum atomic E-state index is 13.6. The molecule has 4 aromatic rings. The number of benzene rings is 3. The van der Waals surface area contributed by atoms with Crippen molar-refractivity contribution in [1.29, 1.82) is 0 Å². The Morgan fingerprint density at radius 2 is 1.64 bits per heavy atom. The van der Waals surface area contributed by atoms with E-state index in [1.54, 1.807) is 41.6 Å². The third kappa shape index (κ3) is 5.89. The minimum absolute atomic E-state index is 0.148. The van der Waals surface area contributed by atoms with Crippen molar-refractivity contribution >= 4 is 35.2 Å². The molecule has 0 bridgehead atoms. The van der Waals surface area contributed by atoms with E-state index < -0.39 is 6.04 Å². The highest BCUT2D eigenvalue weighted by Gasteiger charge is 2.27. The van der Waals surface area contributed by atoms with Crippen molar-refractivity contribution in [1.82, 2.24) is 14.5 Å². The van der Waals surface area contributed by atoms with E-state index in [0.29, 0.717) is 29.4 Å². The van der Waals surface area contributed by atoms with E-state index in [9.17, 15) is 14.0 Å². The SMILES string of the molecule is CC(=O)Nc1ccc(CC(N)C(=O)N2C=Cn3c(nc(-c4ccc(F)cc4)c3Nc3ccc(C)cc3)C2)cc1. The summed E-state index contributed by atoms with van der Waals surface area (Å²) in [7, 11) is 0. The number of carbonyl (C=O) groups excluding carboxylic acids is 2. The average molecular weight is 525 g/mol. The number of hydrogen-bond acceptors (Lipinski definition) is 5. The van der Waals surface area contributed by atoms with Gasteiger partial charge in [0.2, 0.25) is 11.8 Å². The Morgan fingerprint density at radius 1 is 0.974 bits per heavy atom. The van der Waals surface area contributed by atoms with E-state index in [1.807, 2.05) is 47.9 Å². The van der Waals surface area contributed by atoms with Gasteiger partial charge in [0.25, 0.3) is 0 Å². The zero-order valence-corrected chi connectivity index (χ0v) is 21.7. The van der Waals surface area contributed by atoms with Gasteiger partial charge in [0.05, 0.1) is 12.6 Å². The Kier molecular flexibility index (Phi) is 7.25. The number of hydrogen-bond donors (Lipinski definition) is 3. The molecule has 1 atom stereocenters. The summed E-state index contributed by atoms with van der Waals surface area (Å²) in [6, 6.07) is 20.6. The highest BCUT2D eigenvalue weighted by atomic mass is 19.1. The van der Waals surface area contributed by atoms with Gasteiger partial charge in [-0.15, -0.1) is 0 Å². The number of nitrogens with zero attached hydrogens (tertiary/aromatic N) is 3. The second-order valence-corrected chi connectivity index (χ2v) is 9.55. The number of aromatic nitrogens is 2. The summed E-state index contributed by atoms with van der Waals surface area (Å²) in [6.45, 7) is 3.70. The molecule has 4 N–H and O–H groups in total. The quantitative estimate of drug-likeness (QED) is 0.314. The van der Waals surface area contributed by atoms with Crippen LogP contribution in [0.3, 0.4) is 0 Å². The highest BCUT2D eigenvalue weighted by Crippen LogP contribution is 2.33. The molecule has 198 valence electrons. The van der Waals surface area contributed by atoms with Gasteiger partial charge < -0.3 is 21.3 Å². The fourth-order valence-corrected chi connectivity index (χ4v) is 4.44. The van der Waals surface area contributed by atoms with Crippen LogP contribution in [-0.4, -0.2) is 32.3 Å². The molecule has 1 aliphatic heterocycles. The minimum atomic E-state index is -0.760. The zero-order valence-electron chi connectivity index (χ0n) is 21.7. The predicted octanol–water partition coefficient (Wildman–Crippen LogP) is 5.04. The first-order chi connectivity index (χ1) is 18.8. The first kappa shape index (κ1) is 25.9. The van der Waals surface area contributed by atoms with Crippen LogP contribution in [0.1, 0.15) is 23.9 Å². The van der Waals surface area contributed by atoms with Crippen LogP contribution < -0.4 is 16.4 Å². The first-order valence-corrected chi connectivity index (χ1v) is 12.6. The number of nitrogens with two attached hydrogens (primary N) is 1. The van der Waals surface area contributed by atoms with Crippen LogP contribution in [0.4, 0.5) is 21.6 Å². The monoisotopic (exact) mass is 524 g/mol. The van der Waals surface area contributed by atoms with E-state index in [4.69, 9.17) is 10.7 Å². The van der Waals surface area contributed by atoms with Crippen molar-refractivity contribution < 1.29 is 14.0 Å². The van der Waals surface area contributed by atoms with Gasteiger partial charge in [-0.05, 0) is 67.4 Å². The van der Waals surface area contributed by atoms with Gasteiger partial charge >= 0.3 is 0 Å². The molecule has 3 aromatic carbocycles. The summed E-state index contributed by atoms with van der Waals surface area (Å²) >= 11 is 0. The van der Waals surface area contributed by atoms with Gasteiger partial charge in [0.1, 0.15) is 23.2 Å². The number of imidazole rings is 1. The van der Waals surface area contributed by atoms with Crippen molar-refractivity contribution in [2.24, 2.45) is 5.73 Å². The lowest BCUT2D eigenvalue weighted by Gasteiger charge is -2.25. The van der Waals surface area contributed by atoms with E-state index in [2.05, 4.69) is 10.6 Å². The Balaban J connectivity index is 1.37. The van der Waals surface area contributed by atoms with Gasteiger partial charge in [-0.3, -0.25) is 14.2 Å². The molecule has 0 radical (unpaired) electrons. The second kappa shape index (κ2) is 10.9. The molecule has 0 fully saturated rings. The maximum Gasteiger partial charge on any atom is 0.244 e. The van der Waals surface area contributed by atoms with Crippen molar-refractivity contribution in [2.75, 3.05) is 10.6 Å². The molecule has 8 nitrogen and oxygen atoms in total. The molecule has 1 aliphatic rings. The summed E-state index contributed by atoms with van der Waals surface area (Å²) in [4.78, 5) is 30.9. The third-order valence-corrected chi connectivity index (χ3v) is 6.45. The maximum absolute atomic E-state index is 13.6. The van der Waals surface area contributed by atoms with Gasteiger partial charge in [-0.2, -0.15) is 0 Å². The summed E-state index contributed by atoms with van der Waals surface area (Å²) in [5.74, 6) is 0.651. The van der Waals surface area contributed by atoms with Gasteiger partial charge in [0.15, 0.2) is 0 Å². The normalized spacial score (nSPS) is 13.1. The summed E-state index contributed by atoms with van der Waals surface area (Å²) in [5.41, 5.74) is 11.3. The topological polar surface area (TPSA) is 105 Å². The van der Waals surface area contributed by atoms with E-state index >= 15 is 0 Å². The number of rotatable bonds is 7. The molecule has 1 unspecified atom stereocenters. The molecule has 9 heteroatoms. The molecule has 0 saturated heterocycles. The number of nitrogens with one attached hydrogen (secondary N) is 2. The molecule has 1 aromatic heterocycles. The molecule has 0 saturated carbocycles. The fraction of sp³-hybridized carbons (Fsp3) is 0.167. The number of anilines is 3. The molecule has 39 heavy (non-hydrogen) atoms. The van der Waals surface area contributed by atoms with Crippen LogP contribution >= 0.6 is 0 Å². The summed E-state index contributed by atoms with van der Waals surface area (Å²) in [6.07, 6.45) is 3.83. The zero-order chi connectivity index (χ0) is 27.5. The van der Waals surface area contributed by atoms with Crippen molar-refractivity contribution in [3.8, 4) is 11.3 Å². The van der Waals surface area contributed by atoms with Crippen molar-refractivity contribution in [3.05, 3.63) is 102 Å². The third-order valence-electron chi connectivity index (χ3n) is 6.45. The van der Waals surface area contributed by atoms with E-state index in [1.165, 1.54) is 19.1 Å². The van der Waals surface area contributed by atoms with Gasteiger partial charge in [0, 0.05) is 36.3 Å². The number of carbonyl (C=O) groups is 2. The molecular weight excluding hydrogens is 495 g/mol. The van der Waals surface area contributed by atoms with Crippen molar-refractivity contribution in [3.63, 3.8) is 0 Å². The number of fused-ring (bicyclic) bond motifs is 1. The first-order valence-electron chi connectivity index (χ1n) is 12.6. The van der Waals surface area contributed by atoms with Gasteiger partial charge in [-0.25, -0.2) is 9.37 Å². The lowest BCUT2D eigenvalue weighted by Crippen LogP contribution is -2.43. The molecule has 0 aliphatic carbocycles. The Hall–Kier alpha value is -4.76. The molecular formula is C30H29FN6O2. The largest absolute Gasteiger partial charge is 0.339 e. The Bertz CT molecular complexity index is 1530. The van der Waals surface area contributed by atoms with Crippen LogP contribution in [0, 0.1) is 12.7 Å². The van der Waals surface area contributed by atoms with Crippen LogP contribution in [0.2, 0.25) is 0 Å². The number of aryl methyl sites for hydroxylation is 1. The van der Waals surface area contributed by atoms with E-state index in [0.717, 1.165) is 22.4 Å². The van der Waals surface area contributed by atoms with Crippen LogP contribution in [-0.2, 0) is 22.6 Å². The summed E-state index contributed by atoms with van der Waals surface area (Å²) < 4.78 is 15.5. The smallest absolute Gasteiger partial charge is 0.244 e. The molecule has 2 amide bonds. The average Bonchev–Trinajstić information content (AvgIpc) is 3.28. The second-order valence-electron chi connectivity index (χ2n) is 9.55. The minimum Gasteiger partial charge on any atom is -0.339 e. The highest BCUT2D eigenvalue weighted by molar-refractivity contribution is 5.88. The molecule has 2 heterocycles. The van der Waals surface area contributed by atoms with Crippen molar-refractivity contribution in [2.45, 2.75) is 32.9 Å². The van der Waals surface area contributed by atoms with Crippen LogP contribution in [0.5, 0.6) is 0 Å². The summed E-state index contributed by atoms with van der Waals surface area (Å²) in [5, 5.41) is 6.16. The Labute approximate surface area is 226 Å². The standard InChI is InChI=1S/C30H29FN6O2/c1-19-3-11-25(12-4-19)34-29-28(22-7-9-23(31)10-8-22)35-27-18-36(15-16-37(27)29)30(39)26(32)17-21-5-13-24(14-6-21)33-20(2)38/h3-16,26,34H,17-18,32H2,1-2H3,(H,33,38). The molecule has 5 rings (SSSR count). The van der Waals surface area contributed by atoms with Gasteiger partial charge in [-0.1, -0.05) is 29.8 Å². The predicted molar refractivity (Wildman–Crippen MR) is 150 cm³/mol. The number of halogens is 1. The lowest BCUT2D eigenvalue weighted by atomic mass is 10.0. The molecule has 0 spiro atoms. The Morgan fingerprint density at radius 3 is 2.31 bits per heavy atom. The van der Waals surface area contributed by atoms with Crippen LogP contribution in [0.15, 0.2) is 79.0 Å². The van der Waals surface area contributed by atoms with E-state index in [-0.39, 0.29) is 24.2 Å². The lowest BCUT2D eigenvalue weighted by molar-refractivity contribution is -0.130. The number of amides is 2.